The molecule has 0 spiro atoms. The fourth-order valence-electron chi connectivity index (χ4n) is 3.55. The van der Waals surface area contributed by atoms with Crippen molar-refractivity contribution in [3.63, 3.8) is 0 Å². The highest BCUT2D eigenvalue weighted by Crippen LogP contribution is 2.33. The van der Waals surface area contributed by atoms with E-state index in [9.17, 15) is 13.2 Å². The molecule has 0 aliphatic carbocycles. The molecule has 0 saturated carbocycles. The van der Waals surface area contributed by atoms with Crippen LogP contribution in [-0.2, 0) is 12.6 Å². The summed E-state index contributed by atoms with van der Waals surface area (Å²) >= 11 is 0. The summed E-state index contributed by atoms with van der Waals surface area (Å²) in [5.74, 6) is 0.704. The Labute approximate surface area is 160 Å². The van der Waals surface area contributed by atoms with Crippen LogP contribution in [0.2, 0.25) is 0 Å². The van der Waals surface area contributed by atoms with Crippen LogP contribution in [0.3, 0.4) is 0 Å². The number of aliphatic imine (C=N–C) groups is 1. The van der Waals surface area contributed by atoms with Gasteiger partial charge in [0.25, 0.3) is 0 Å². The molecule has 3 aromatic rings. The molecule has 2 aromatic carbocycles. The van der Waals surface area contributed by atoms with Crippen molar-refractivity contribution >= 4 is 5.71 Å². The molecule has 0 radical (unpaired) electrons. The van der Waals surface area contributed by atoms with E-state index in [-0.39, 0.29) is 6.04 Å². The van der Waals surface area contributed by atoms with Crippen LogP contribution in [0.15, 0.2) is 59.9 Å². The minimum atomic E-state index is -4.43. The smallest absolute Gasteiger partial charge is 0.285 e. The average molecular weight is 384 g/mol. The maximum absolute atomic E-state index is 13.4. The highest BCUT2D eigenvalue weighted by atomic mass is 19.4. The van der Waals surface area contributed by atoms with Crippen molar-refractivity contribution in [1.29, 1.82) is 0 Å². The number of fused-ring (bicyclic) bond motifs is 3. The van der Waals surface area contributed by atoms with Gasteiger partial charge in [-0.15, -0.1) is 10.2 Å². The third-order valence-electron chi connectivity index (χ3n) is 4.86. The lowest BCUT2D eigenvalue weighted by Crippen LogP contribution is -2.22. The third kappa shape index (κ3) is 3.44. The molecule has 1 atom stereocenters. The van der Waals surface area contributed by atoms with E-state index in [0.29, 0.717) is 29.2 Å². The second kappa shape index (κ2) is 7.22. The van der Waals surface area contributed by atoms with E-state index in [4.69, 9.17) is 4.99 Å². The van der Waals surface area contributed by atoms with Gasteiger partial charge in [0.2, 0.25) is 0 Å². The highest BCUT2D eigenvalue weighted by molar-refractivity contribution is 6.15. The average Bonchev–Trinajstić information content (AvgIpc) is 3.12. The molecular formula is C21H19F3N4. The fourth-order valence-corrected chi connectivity index (χ4v) is 3.55. The number of rotatable bonds is 3. The molecule has 2 heterocycles. The van der Waals surface area contributed by atoms with Crippen molar-refractivity contribution in [3.05, 3.63) is 77.4 Å². The Kier molecular flexibility index (Phi) is 4.75. The molecule has 0 amide bonds. The van der Waals surface area contributed by atoms with Gasteiger partial charge in [0.05, 0.1) is 23.0 Å². The number of benzene rings is 2. The van der Waals surface area contributed by atoms with Crippen LogP contribution in [-0.4, -0.2) is 26.5 Å². The lowest BCUT2D eigenvalue weighted by molar-refractivity contribution is -0.137. The van der Waals surface area contributed by atoms with Gasteiger partial charge in [-0.2, -0.15) is 13.2 Å². The Morgan fingerprint density at radius 1 is 1.11 bits per heavy atom. The van der Waals surface area contributed by atoms with E-state index in [0.717, 1.165) is 24.5 Å². The molecule has 7 heteroatoms. The van der Waals surface area contributed by atoms with Gasteiger partial charge in [0, 0.05) is 17.5 Å². The molecule has 144 valence electrons. The molecule has 1 aliphatic heterocycles. The van der Waals surface area contributed by atoms with E-state index in [1.54, 1.807) is 10.9 Å². The van der Waals surface area contributed by atoms with E-state index in [2.05, 4.69) is 17.1 Å². The van der Waals surface area contributed by atoms with Crippen LogP contribution in [0.1, 0.15) is 42.3 Å². The molecule has 0 N–H and O–H groups in total. The summed E-state index contributed by atoms with van der Waals surface area (Å²) in [4.78, 5) is 4.91. The number of hydrogen-bond donors (Lipinski definition) is 0. The first-order chi connectivity index (χ1) is 13.5. The maximum atomic E-state index is 13.4. The van der Waals surface area contributed by atoms with Crippen molar-refractivity contribution in [3.8, 4) is 5.69 Å². The van der Waals surface area contributed by atoms with Crippen molar-refractivity contribution in [1.82, 2.24) is 14.8 Å². The SMILES string of the molecule is CCCC1Cc2nncn2-c2ccc(C(F)(F)F)cc2/C(c2ccccc2)=N\1. The quantitative estimate of drug-likeness (QED) is 0.648. The van der Waals surface area contributed by atoms with Crippen LogP contribution < -0.4 is 0 Å². The largest absolute Gasteiger partial charge is 0.416 e. The number of alkyl halides is 3. The van der Waals surface area contributed by atoms with Gasteiger partial charge < -0.3 is 0 Å². The van der Waals surface area contributed by atoms with Crippen LogP contribution in [0, 0.1) is 0 Å². The zero-order chi connectivity index (χ0) is 19.7. The van der Waals surface area contributed by atoms with E-state index >= 15 is 0 Å². The Balaban J connectivity index is 2.00. The molecule has 4 rings (SSSR count). The Hall–Kier alpha value is -2.96. The summed E-state index contributed by atoms with van der Waals surface area (Å²) in [7, 11) is 0. The van der Waals surface area contributed by atoms with Crippen LogP contribution in [0.5, 0.6) is 0 Å². The Morgan fingerprint density at radius 2 is 1.89 bits per heavy atom. The summed E-state index contributed by atoms with van der Waals surface area (Å²) in [6, 6.07) is 13.0. The van der Waals surface area contributed by atoms with Gasteiger partial charge in [0.1, 0.15) is 12.2 Å². The number of halogens is 3. The first kappa shape index (κ1) is 18.4. The van der Waals surface area contributed by atoms with E-state index in [1.807, 2.05) is 30.3 Å². The lowest BCUT2D eigenvalue weighted by atomic mass is 9.96. The van der Waals surface area contributed by atoms with E-state index in [1.165, 1.54) is 12.1 Å². The topological polar surface area (TPSA) is 43.1 Å². The van der Waals surface area contributed by atoms with Gasteiger partial charge in [-0.05, 0) is 24.6 Å². The fraction of sp³-hybridized carbons (Fsp3) is 0.286. The van der Waals surface area contributed by atoms with Crippen LogP contribution in [0.4, 0.5) is 13.2 Å². The molecule has 0 saturated heterocycles. The summed E-state index contributed by atoms with van der Waals surface area (Å²) in [6.45, 7) is 2.07. The monoisotopic (exact) mass is 384 g/mol. The minimum absolute atomic E-state index is 0.0779. The Morgan fingerprint density at radius 3 is 2.61 bits per heavy atom. The molecule has 1 aromatic heterocycles. The molecule has 0 fully saturated rings. The maximum Gasteiger partial charge on any atom is 0.416 e. The van der Waals surface area contributed by atoms with Crippen LogP contribution >= 0.6 is 0 Å². The first-order valence-corrected chi connectivity index (χ1v) is 9.21. The predicted molar refractivity (Wildman–Crippen MR) is 101 cm³/mol. The molecule has 4 nitrogen and oxygen atoms in total. The van der Waals surface area contributed by atoms with E-state index < -0.39 is 11.7 Å². The molecule has 28 heavy (non-hydrogen) atoms. The zero-order valence-electron chi connectivity index (χ0n) is 15.3. The molecule has 1 unspecified atom stereocenters. The van der Waals surface area contributed by atoms with Gasteiger partial charge in [-0.1, -0.05) is 43.7 Å². The summed E-state index contributed by atoms with van der Waals surface area (Å²) < 4.78 is 42.1. The normalized spacial score (nSPS) is 18.4. The van der Waals surface area contributed by atoms with Gasteiger partial charge >= 0.3 is 6.18 Å². The molecule has 0 bridgehead atoms. The van der Waals surface area contributed by atoms with Gasteiger partial charge in [0.15, 0.2) is 0 Å². The first-order valence-electron chi connectivity index (χ1n) is 9.21. The van der Waals surface area contributed by atoms with Gasteiger partial charge in [-0.25, -0.2) is 0 Å². The second-order valence-electron chi connectivity index (χ2n) is 6.84. The standard InChI is InChI=1S/C21H19F3N4/c1-2-6-16-12-19-27-25-13-28(19)18-10-9-15(21(22,23)24)11-17(18)20(26-16)14-7-4-3-5-8-14/h3-5,7-11,13,16H,2,6,12H2,1H3/b26-20-. The summed E-state index contributed by atoms with van der Waals surface area (Å²) in [5, 5.41) is 8.17. The van der Waals surface area contributed by atoms with Crippen molar-refractivity contribution in [2.75, 3.05) is 0 Å². The van der Waals surface area contributed by atoms with Crippen molar-refractivity contribution in [2.45, 2.75) is 38.4 Å². The Bertz CT molecular complexity index is 1010. The number of aromatic nitrogens is 3. The number of nitrogens with zero attached hydrogens (tertiary/aromatic N) is 4. The summed E-state index contributed by atoms with van der Waals surface area (Å²) in [5.41, 5.74) is 1.70. The highest BCUT2D eigenvalue weighted by Gasteiger charge is 2.32. The molecule has 1 aliphatic rings. The minimum Gasteiger partial charge on any atom is -0.285 e. The van der Waals surface area contributed by atoms with Gasteiger partial charge in [-0.3, -0.25) is 9.56 Å². The zero-order valence-corrected chi connectivity index (χ0v) is 15.3. The lowest BCUT2D eigenvalue weighted by Gasteiger charge is -2.22. The predicted octanol–water partition coefficient (Wildman–Crippen LogP) is 4.85. The van der Waals surface area contributed by atoms with Crippen molar-refractivity contribution < 1.29 is 13.2 Å². The summed E-state index contributed by atoms with van der Waals surface area (Å²) in [6.07, 6.45) is -0.557. The molecular weight excluding hydrogens is 365 g/mol. The third-order valence-corrected chi connectivity index (χ3v) is 4.86. The van der Waals surface area contributed by atoms with Crippen molar-refractivity contribution in [2.24, 2.45) is 4.99 Å². The number of hydrogen-bond acceptors (Lipinski definition) is 3. The second-order valence-corrected chi connectivity index (χ2v) is 6.84. The van der Waals surface area contributed by atoms with Crippen LogP contribution in [0.25, 0.3) is 5.69 Å².